The molecule has 0 atom stereocenters. The maximum Gasteiger partial charge on any atom is 0.341 e. The van der Waals surface area contributed by atoms with Crippen LogP contribution < -0.4 is 4.74 Å². The maximum atomic E-state index is 11.6. The lowest BCUT2D eigenvalue weighted by Crippen LogP contribution is -2.08. The number of benzene rings is 1. The lowest BCUT2D eigenvalue weighted by Gasteiger charge is -2.10. The Kier molecular flexibility index (Phi) is 4.83. The molecule has 16 heavy (non-hydrogen) atoms. The van der Waals surface area contributed by atoms with Crippen LogP contribution in [-0.2, 0) is 11.2 Å². The van der Waals surface area contributed by atoms with Gasteiger partial charge in [-0.25, -0.2) is 4.79 Å². The van der Waals surface area contributed by atoms with Gasteiger partial charge in [-0.1, -0.05) is 13.0 Å². The van der Waals surface area contributed by atoms with Crippen molar-refractivity contribution in [2.75, 3.05) is 13.2 Å². The standard InChI is InChI=1S/C13H18O3/c1-4-10-7-8-11(13(14)16-6-3)12(9-10)15-5-2/h7-9H,4-6H2,1-3H3. The SMILES string of the molecule is CCOC(=O)c1ccc(CC)cc1OCC. The van der Waals surface area contributed by atoms with Crippen LogP contribution in [0.1, 0.15) is 36.7 Å². The fraction of sp³-hybridized carbons (Fsp3) is 0.462. The second kappa shape index (κ2) is 6.16. The van der Waals surface area contributed by atoms with Crippen molar-refractivity contribution in [2.24, 2.45) is 0 Å². The highest BCUT2D eigenvalue weighted by atomic mass is 16.5. The first-order valence-electron chi connectivity index (χ1n) is 5.65. The molecule has 0 N–H and O–H groups in total. The predicted octanol–water partition coefficient (Wildman–Crippen LogP) is 2.82. The van der Waals surface area contributed by atoms with Gasteiger partial charge in [-0.2, -0.15) is 0 Å². The van der Waals surface area contributed by atoms with Crippen LogP contribution in [0.5, 0.6) is 5.75 Å². The summed E-state index contributed by atoms with van der Waals surface area (Å²) >= 11 is 0. The van der Waals surface area contributed by atoms with Gasteiger partial charge in [0.1, 0.15) is 11.3 Å². The summed E-state index contributed by atoms with van der Waals surface area (Å²) in [7, 11) is 0. The highest BCUT2D eigenvalue weighted by molar-refractivity contribution is 5.92. The first-order chi connectivity index (χ1) is 7.72. The van der Waals surface area contributed by atoms with E-state index in [0.717, 1.165) is 12.0 Å². The van der Waals surface area contributed by atoms with Gasteiger partial charge in [0.05, 0.1) is 13.2 Å². The van der Waals surface area contributed by atoms with Gasteiger partial charge in [-0.3, -0.25) is 0 Å². The zero-order chi connectivity index (χ0) is 12.0. The van der Waals surface area contributed by atoms with Crippen molar-refractivity contribution in [3.8, 4) is 5.75 Å². The van der Waals surface area contributed by atoms with Crippen molar-refractivity contribution >= 4 is 5.97 Å². The monoisotopic (exact) mass is 222 g/mol. The average molecular weight is 222 g/mol. The third-order valence-corrected chi connectivity index (χ3v) is 2.25. The average Bonchev–Trinajstić information content (AvgIpc) is 2.29. The van der Waals surface area contributed by atoms with Gasteiger partial charge in [0, 0.05) is 0 Å². The Bertz CT molecular complexity index is 358. The molecule has 0 aliphatic heterocycles. The van der Waals surface area contributed by atoms with Crippen molar-refractivity contribution in [2.45, 2.75) is 27.2 Å². The molecule has 0 aliphatic rings. The molecule has 0 fully saturated rings. The van der Waals surface area contributed by atoms with E-state index < -0.39 is 0 Å². The van der Waals surface area contributed by atoms with Crippen molar-refractivity contribution in [1.82, 2.24) is 0 Å². The number of ether oxygens (including phenoxy) is 2. The molecule has 1 aromatic carbocycles. The number of carbonyl (C=O) groups is 1. The third kappa shape index (κ3) is 2.99. The fourth-order valence-electron chi connectivity index (χ4n) is 1.44. The van der Waals surface area contributed by atoms with Crippen LogP contribution >= 0.6 is 0 Å². The Morgan fingerprint density at radius 1 is 1.19 bits per heavy atom. The molecule has 3 heteroatoms. The van der Waals surface area contributed by atoms with E-state index in [9.17, 15) is 4.79 Å². The molecule has 1 rings (SSSR count). The zero-order valence-electron chi connectivity index (χ0n) is 10.1. The summed E-state index contributed by atoms with van der Waals surface area (Å²) < 4.78 is 10.4. The molecule has 3 nitrogen and oxygen atoms in total. The van der Waals surface area contributed by atoms with Crippen LogP contribution in [0.3, 0.4) is 0 Å². The minimum absolute atomic E-state index is 0.325. The first-order valence-corrected chi connectivity index (χ1v) is 5.65. The number of carbonyl (C=O) groups excluding carboxylic acids is 1. The Balaban J connectivity index is 3.01. The maximum absolute atomic E-state index is 11.6. The van der Waals surface area contributed by atoms with Crippen LogP contribution in [0.4, 0.5) is 0 Å². The van der Waals surface area contributed by atoms with Gasteiger partial charge in [-0.05, 0) is 38.0 Å². The van der Waals surface area contributed by atoms with E-state index in [2.05, 4.69) is 6.92 Å². The lowest BCUT2D eigenvalue weighted by atomic mass is 10.1. The highest BCUT2D eigenvalue weighted by Crippen LogP contribution is 2.22. The number of hydrogen-bond donors (Lipinski definition) is 0. The number of esters is 1. The highest BCUT2D eigenvalue weighted by Gasteiger charge is 2.13. The minimum atomic E-state index is -0.325. The molecule has 88 valence electrons. The zero-order valence-corrected chi connectivity index (χ0v) is 10.1. The summed E-state index contributed by atoms with van der Waals surface area (Å²) in [5, 5.41) is 0. The smallest absolute Gasteiger partial charge is 0.341 e. The molecule has 0 saturated carbocycles. The van der Waals surface area contributed by atoms with Crippen molar-refractivity contribution in [3.63, 3.8) is 0 Å². The topological polar surface area (TPSA) is 35.5 Å². The third-order valence-electron chi connectivity index (χ3n) is 2.25. The van der Waals surface area contributed by atoms with Crippen LogP contribution in [-0.4, -0.2) is 19.2 Å². The van der Waals surface area contributed by atoms with Crippen molar-refractivity contribution in [1.29, 1.82) is 0 Å². The molecule has 0 aliphatic carbocycles. The minimum Gasteiger partial charge on any atom is -0.493 e. The summed E-state index contributed by atoms with van der Waals surface area (Å²) in [5.41, 5.74) is 1.65. The van der Waals surface area contributed by atoms with Gasteiger partial charge in [0.2, 0.25) is 0 Å². The largest absolute Gasteiger partial charge is 0.493 e. The van der Waals surface area contributed by atoms with Gasteiger partial charge >= 0.3 is 5.97 Å². The molecular weight excluding hydrogens is 204 g/mol. The molecule has 0 radical (unpaired) electrons. The molecule has 0 unspecified atom stereocenters. The van der Waals surface area contributed by atoms with Gasteiger partial charge in [0.15, 0.2) is 0 Å². The van der Waals surface area contributed by atoms with E-state index >= 15 is 0 Å². The second-order valence-electron chi connectivity index (χ2n) is 3.34. The fourth-order valence-corrected chi connectivity index (χ4v) is 1.44. The van der Waals surface area contributed by atoms with Crippen LogP contribution in [0, 0.1) is 0 Å². The lowest BCUT2D eigenvalue weighted by molar-refractivity contribution is 0.0522. The van der Waals surface area contributed by atoms with E-state index in [1.807, 2.05) is 19.1 Å². The molecule has 0 amide bonds. The molecular formula is C13H18O3. The van der Waals surface area contributed by atoms with E-state index in [0.29, 0.717) is 24.5 Å². The molecule has 1 aromatic rings. The normalized spacial score (nSPS) is 9.94. The van der Waals surface area contributed by atoms with E-state index in [4.69, 9.17) is 9.47 Å². The molecule has 0 heterocycles. The van der Waals surface area contributed by atoms with Crippen molar-refractivity contribution in [3.05, 3.63) is 29.3 Å². The molecule has 0 bridgehead atoms. The Morgan fingerprint density at radius 3 is 2.50 bits per heavy atom. The second-order valence-corrected chi connectivity index (χ2v) is 3.34. The summed E-state index contributed by atoms with van der Waals surface area (Å²) in [4.78, 5) is 11.6. The van der Waals surface area contributed by atoms with Crippen LogP contribution in [0.2, 0.25) is 0 Å². The summed E-state index contributed by atoms with van der Waals surface area (Å²) in [6.07, 6.45) is 0.920. The Hall–Kier alpha value is -1.51. The number of aryl methyl sites for hydroxylation is 1. The summed E-state index contributed by atoms with van der Waals surface area (Å²) in [6, 6.07) is 5.59. The number of hydrogen-bond acceptors (Lipinski definition) is 3. The van der Waals surface area contributed by atoms with Crippen LogP contribution in [0.25, 0.3) is 0 Å². The quantitative estimate of drug-likeness (QED) is 0.719. The van der Waals surface area contributed by atoms with Crippen molar-refractivity contribution < 1.29 is 14.3 Å². The molecule has 0 aromatic heterocycles. The molecule has 0 saturated heterocycles. The van der Waals surface area contributed by atoms with Gasteiger partial charge < -0.3 is 9.47 Å². The van der Waals surface area contributed by atoms with Gasteiger partial charge in [0.25, 0.3) is 0 Å². The number of rotatable bonds is 5. The predicted molar refractivity (Wildman–Crippen MR) is 62.9 cm³/mol. The Morgan fingerprint density at radius 2 is 1.94 bits per heavy atom. The van der Waals surface area contributed by atoms with Gasteiger partial charge in [-0.15, -0.1) is 0 Å². The van der Waals surface area contributed by atoms with E-state index in [1.165, 1.54) is 0 Å². The van der Waals surface area contributed by atoms with Crippen LogP contribution in [0.15, 0.2) is 18.2 Å². The van der Waals surface area contributed by atoms with E-state index in [-0.39, 0.29) is 5.97 Å². The summed E-state index contributed by atoms with van der Waals surface area (Å²) in [6.45, 7) is 6.67. The van der Waals surface area contributed by atoms with E-state index in [1.54, 1.807) is 13.0 Å². The molecule has 0 spiro atoms. The summed E-state index contributed by atoms with van der Waals surface area (Å²) in [5.74, 6) is 0.286. The first kappa shape index (κ1) is 12.6. The Labute approximate surface area is 96.4 Å².